The molecule has 2 heteroatoms. The molecule has 0 unspecified atom stereocenters. The Labute approximate surface area is 145 Å². The van der Waals surface area contributed by atoms with Gasteiger partial charge in [-0.3, -0.25) is 4.79 Å². The number of carbonyl (C=O) groups excluding carboxylic acids is 1. The van der Waals surface area contributed by atoms with E-state index in [1.54, 1.807) is 48.5 Å². The summed E-state index contributed by atoms with van der Waals surface area (Å²) in [5.41, 5.74) is 0.839. The molecule has 4 aromatic rings. The van der Waals surface area contributed by atoms with Gasteiger partial charge in [-0.15, -0.1) is 0 Å². The average molecular weight is 316 g/mol. The van der Waals surface area contributed by atoms with Gasteiger partial charge in [0.25, 0.3) is 0 Å². The molecular weight excluding hydrogens is 296 g/mol. The van der Waals surface area contributed by atoms with Crippen molar-refractivity contribution in [1.82, 2.24) is 0 Å². The SMILES string of the molecule is [2H]c1c([2H])c([2H])c2c(cc(C(=O)c3cccc(OC)c3)c3ccccc32)c1[2H]. The minimum Gasteiger partial charge on any atom is -0.497 e. The van der Waals surface area contributed by atoms with Gasteiger partial charge >= 0.3 is 0 Å². The Morgan fingerprint density at radius 3 is 2.54 bits per heavy atom. The maximum Gasteiger partial charge on any atom is 0.193 e. The highest BCUT2D eigenvalue weighted by atomic mass is 16.5. The number of hydrogen-bond donors (Lipinski definition) is 0. The second kappa shape index (κ2) is 5.82. The first-order chi connectivity index (χ1) is 13.4. The van der Waals surface area contributed by atoms with Crippen molar-refractivity contribution in [3.63, 3.8) is 0 Å². The second-order valence-electron chi connectivity index (χ2n) is 5.45. The molecule has 0 fully saturated rings. The Kier molecular flexibility index (Phi) is 2.57. The Bertz CT molecular complexity index is 1260. The monoisotopic (exact) mass is 316 g/mol. The molecule has 4 aromatic carbocycles. The molecule has 0 spiro atoms. The van der Waals surface area contributed by atoms with Crippen molar-refractivity contribution in [2.45, 2.75) is 0 Å². The number of hydrogen-bond acceptors (Lipinski definition) is 2. The van der Waals surface area contributed by atoms with Crippen molar-refractivity contribution in [1.29, 1.82) is 0 Å². The maximum atomic E-state index is 13.3. The summed E-state index contributed by atoms with van der Waals surface area (Å²) in [6.07, 6.45) is 0. The van der Waals surface area contributed by atoms with E-state index in [1.165, 1.54) is 7.11 Å². The molecule has 0 saturated heterocycles. The van der Waals surface area contributed by atoms with Crippen LogP contribution in [0.4, 0.5) is 0 Å². The van der Waals surface area contributed by atoms with Gasteiger partial charge in [-0.05, 0) is 39.7 Å². The van der Waals surface area contributed by atoms with E-state index in [1.807, 2.05) is 6.07 Å². The van der Waals surface area contributed by atoms with Crippen molar-refractivity contribution in [2.75, 3.05) is 7.11 Å². The third-order valence-electron chi connectivity index (χ3n) is 4.07. The lowest BCUT2D eigenvalue weighted by atomic mass is 9.93. The van der Waals surface area contributed by atoms with Gasteiger partial charge < -0.3 is 4.74 Å². The van der Waals surface area contributed by atoms with Crippen LogP contribution in [0.25, 0.3) is 21.5 Å². The van der Waals surface area contributed by atoms with E-state index < -0.39 is 0 Å². The van der Waals surface area contributed by atoms with Crippen LogP contribution >= 0.6 is 0 Å². The number of fused-ring (bicyclic) bond motifs is 3. The van der Waals surface area contributed by atoms with Crippen LogP contribution in [0.15, 0.2) is 78.8 Å². The molecule has 0 aliphatic rings. The number of ketones is 1. The minimum absolute atomic E-state index is 0.104. The summed E-state index contributed by atoms with van der Waals surface area (Å²) in [5, 5.41) is 2.02. The lowest BCUT2D eigenvalue weighted by Gasteiger charge is -2.10. The number of methoxy groups -OCH3 is 1. The number of ether oxygens (including phenoxy) is 1. The fraction of sp³-hybridized carbons (Fsp3) is 0.0455. The Balaban J connectivity index is 2.10. The van der Waals surface area contributed by atoms with Gasteiger partial charge in [0.2, 0.25) is 0 Å². The summed E-state index contributed by atoms with van der Waals surface area (Å²) in [6.45, 7) is 0. The van der Waals surface area contributed by atoms with Crippen molar-refractivity contribution in [2.24, 2.45) is 0 Å². The number of carbonyl (C=O) groups is 1. The molecule has 24 heavy (non-hydrogen) atoms. The van der Waals surface area contributed by atoms with E-state index in [0.29, 0.717) is 38.4 Å². The highest BCUT2D eigenvalue weighted by Crippen LogP contribution is 2.30. The molecule has 0 aliphatic heterocycles. The van der Waals surface area contributed by atoms with Crippen molar-refractivity contribution < 1.29 is 15.0 Å². The molecule has 4 rings (SSSR count). The molecular formula is C22H16O2. The topological polar surface area (TPSA) is 26.3 Å². The second-order valence-corrected chi connectivity index (χ2v) is 5.45. The largest absolute Gasteiger partial charge is 0.497 e. The van der Waals surface area contributed by atoms with Gasteiger partial charge in [0, 0.05) is 11.1 Å². The average Bonchev–Trinajstić information content (AvgIpc) is 2.74. The third kappa shape index (κ3) is 2.33. The van der Waals surface area contributed by atoms with Crippen LogP contribution in [-0.4, -0.2) is 12.9 Å². The summed E-state index contributed by atoms with van der Waals surface area (Å²) >= 11 is 0. The van der Waals surface area contributed by atoms with E-state index in [4.69, 9.17) is 10.2 Å². The predicted octanol–water partition coefficient (Wildman–Crippen LogP) is 5.23. The third-order valence-corrected chi connectivity index (χ3v) is 4.07. The standard InChI is InChI=1S/C22H16O2/c1-24-17-9-6-8-16(13-17)22(23)21-14-15-7-2-3-10-18(15)19-11-4-5-12-20(19)21/h2-14H,1H3/i2D,3D,7D,10D. The zero-order chi connectivity index (χ0) is 20.0. The zero-order valence-electron chi connectivity index (χ0n) is 17.0. The Morgan fingerprint density at radius 2 is 1.71 bits per heavy atom. The normalized spacial score (nSPS) is 13.2. The van der Waals surface area contributed by atoms with E-state index in [-0.39, 0.29) is 30.0 Å². The van der Waals surface area contributed by atoms with Gasteiger partial charge in [-0.2, -0.15) is 0 Å². The Morgan fingerprint density at radius 1 is 0.917 bits per heavy atom. The molecule has 0 atom stereocenters. The Hall–Kier alpha value is -3.13. The van der Waals surface area contributed by atoms with Gasteiger partial charge in [-0.25, -0.2) is 0 Å². The van der Waals surface area contributed by atoms with Crippen LogP contribution in [0.2, 0.25) is 0 Å². The smallest absolute Gasteiger partial charge is 0.193 e. The van der Waals surface area contributed by atoms with Gasteiger partial charge in [0.1, 0.15) is 5.75 Å². The van der Waals surface area contributed by atoms with Gasteiger partial charge in [0.15, 0.2) is 5.78 Å². The first-order valence-corrected chi connectivity index (χ1v) is 7.54. The molecule has 0 N–H and O–H groups in total. The van der Waals surface area contributed by atoms with Crippen LogP contribution in [0, 0.1) is 0 Å². The highest BCUT2D eigenvalue weighted by Gasteiger charge is 2.15. The molecule has 116 valence electrons. The van der Waals surface area contributed by atoms with Crippen LogP contribution in [-0.2, 0) is 0 Å². The first kappa shape index (κ1) is 10.6. The summed E-state index contributed by atoms with van der Waals surface area (Å²) in [4.78, 5) is 13.3. The maximum absolute atomic E-state index is 13.3. The minimum atomic E-state index is -0.312. The van der Waals surface area contributed by atoms with Crippen LogP contribution in [0.5, 0.6) is 5.75 Å². The first-order valence-electron chi connectivity index (χ1n) is 9.54. The van der Waals surface area contributed by atoms with E-state index >= 15 is 0 Å². The summed E-state index contributed by atoms with van der Waals surface area (Å²) in [7, 11) is 1.53. The van der Waals surface area contributed by atoms with Crippen LogP contribution < -0.4 is 4.74 Å². The fourth-order valence-electron chi connectivity index (χ4n) is 2.91. The fourth-order valence-corrected chi connectivity index (χ4v) is 2.91. The van der Waals surface area contributed by atoms with Crippen molar-refractivity contribution in [3.05, 3.63) is 89.9 Å². The van der Waals surface area contributed by atoms with Gasteiger partial charge in [-0.1, -0.05) is 60.6 Å². The zero-order valence-corrected chi connectivity index (χ0v) is 13.0. The molecule has 2 nitrogen and oxygen atoms in total. The van der Waals surface area contributed by atoms with Gasteiger partial charge in [0.05, 0.1) is 12.6 Å². The lowest BCUT2D eigenvalue weighted by molar-refractivity contribution is 0.104. The number of rotatable bonds is 3. The molecule has 0 aromatic heterocycles. The highest BCUT2D eigenvalue weighted by molar-refractivity contribution is 6.22. The summed E-state index contributed by atoms with van der Waals surface area (Å²) in [6, 6.07) is 14.7. The molecule has 0 radical (unpaired) electrons. The van der Waals surface area contributed by atoms with Crippen molar-refractivity contribution >= 4 is 27.3 Å². The predicted molar refractivity (Wildman–Crippen MR) is 97.9 cm³/mol. The molecule has 0 aliphatic carbocycles. The summed E-state index contributed by atoms with van der Waals surface area (Å²) in [5.74, 6) is 0.335. The van der Waals surface area contributed by atoms with Crippen LogP contribution in [0.3, 0.4) is 0 Å². The molecule has 0 saturated carbocycles. The molecule has 0 amide bonds. The van der Waals surface area contributed by atoms with E-state index in [2.05, 4.69) is 0 Å². The summed E-state index contributed by atoms with van der Waals surface area (Å²) < 4.78 is 37.8. The van der Waals surface area contributed by atoms with E-state index in [0.717, 1.165) is 0 Å². The van der Waals surface area contributed by atoms with Crippen LogP contribution in [0.1, 0.15) is 21.4 Å². The molecule has 0 bridgehead atoms. The van der Waals surface area contributed by atoms with E-state index in [9.17, 15) is 4.79 Å². The molecule has 0 heterocycles. The lowest BCUT2D eigenvalue weighted by Crippen LogP contribution is -2.03. The number of benzene rings is 4. The van der Waals surface area contributed by atoms with Crippen molar-refractivity contribution in [3.8, 4) is 5.75 Å². The quantitative estimate of drug-likeness (QED) is 0.382.